The second-order valence-corrected chi connectivity index (χ2v) is 8.86. The molecular formula is C24H42IN5O2. The molecule has 1 aromatic carbocycles. The van der Waals surface area contributed by atoms with Gasteiger partial charge in [-0.25, -0.2) is 4.99 Å². The van der Waals surface area contributed by atoms with E-state index in [1.54, 1.807) is 19.0 Å². The van der Waals surface area contributed by atoms with Crippen LogP contribution < -0.4 is 10.6 Å². The minimum Gasteiger partial charge on any atom is -0.380 e. The van der Waals surface area contributed by atoms with Gasteiger partial charge in [-0.15, -0.1) is 24.0 Å². The molecule has 1 aliphatic heterocycles. The Morgan fingerprint density at radius 3 is 2.50 bits per heavy atom. The summed E-state index contributed by atoms with van der Waals surface area (Å²) in [5.41, 5.74) is 1.36. The summed E-state index contributed by atoms with van der Waals surface area (Å²) < 4.78 is 5.69. The van der Waals surface area contributed by atoms with Gasteiger partial charge in [0.1, 0.15) is 6.54 Å². The van der Waals surface area contributed by atoms with Crippen molar-refractivity contribution >= 4 is 35.8 Å². The number of carbonyl (C=O) groups excluding carboxylic acids is 1. The summed E-state index contributed by atoms with van der Waals surface area (Å²) in [4.78, 5) is 20.5. The van der Waals surface area contributed by atoms with Crippen LogP contribution in [0.1, 0.15) is 38.7 Å². The number of nitrogens with one attached hydrogen (secondary N) is 2. The van der Waals surface area contributed by atoms with Gasteiger partial charge in [-0.05, 0) is 30.7 Å². The van der Waals surface area contributed by atoms with Gasteiger partial charge in [0.15, 0.2) is 5.96 Å². The number of nitrogens with zero attached hydrogens (tertiary/aromatic N) is 3. The summed E-state index contributed by atoms with van der Waals surface area (Å²) in [6, 6.07) is 11.0. The number of halogens is 1. The summed E-state index contributed by atoms with van der Waals surface area (Å²) >= 11 is 0. The number of benzene rings is 1. The highest BCUT2D eigenvalue weighted by Crippen LogP contribution is 2.13. The largest absolute Gasteiger partial charge is 0.380 e. The summed E-state index contributed by atoms with van der Waals surface area (Å²) in [5.74, 6) is 1.34. The lowest BCUT2D eigenvalue weighted by Gasteiger charge is -2.33. The van der Waals surface area contributed by atoms with Crippen molar-refractivity contribution in [2.24, 2.45) is 10.9 Å². The van der Waals surface area contributed by atoms with Gasteiger partial charge in [0.25, 0.3) is 0 Å². The molecule has 182 valence electrons. The first-order valence-electron chi connectivity index (χ1n) is 11.5. The maximum atomic E-state index is 12.0. The number of amides is 1. The van der Waals surface area contributed by atoms with E-state index in [0.717, 1.165) is 45.5 Å². The van der Waals surface area contributed by atoms with Gasteiger partial charge in [-0.1, -0.05) is 44.2 Å². The number of piperidine rings is 1. The third-order valence-electron chi connectivity index (χ3n) is 5.43. The van der Waals surface area contributed by atoms with Crippen molar-refractivity contribution in [3.63, 3.8) is 0 Å². The second-order valence-electron chi connectivity index (χ2n) is 8.86. The minimum atomic E-state index is -0.00744. The van der Waals surface area contributed by atoms with Crippen LogP contribution >= 0.6 is 24.0 Å². The Balaban J connectivity index is 0.00000512. The fourth-order valence-electron chi connectivity index (χ4n) is 3.37. The van der Waals surface area contributed by atoms with Crippen molar-refractivity contribution in [1.82, 2.24) is 20.4 Å². The standard InChI is InChI=1S/C24H41N5O2.HI/c1-20(2)12-16-31-17-13-25-24(26-18-23(30)28(3)4)27-22-10-14-29(15-11-22)19-21-8-6-5-7-9-21;/h5-9,20,22H,10-19H2,1-4H3,(H2,25,26,27);1H. The van der Waals surface area contributed by atoms with Crippen LogP contribution in [0, 0.1) is 5.92 Å². The minimum absolute atomic E-state index is 0. The molecule has 1 fully saturated rings. The van der Waals surface area contributed by atoms with Gasteiger partial charge < -0.3 is 20.3 Å². The zero-order valence-corrected chi connectivity index (χ0v) is 22.5. The molecule has 1 amide bonds. The van der Waals surface area contributed by atoms with Crippen LogP contribution in [0.2, 0.25) is 0 Å². The van der Waals surface area contributed by atoms with E-state index in [4.69, 9.17) is 4.74 Å². The number of hydrogen-bond donors (Lipinski definition) is 2. The summed E-state index contributed by atoms with van der Waals surface area (Å²) in [6.07, 6.45) is 3.18. The fourth-order valence-corrected chi connectivity index (χ4v) is 3.37. The lowest BCUT2D eigenvalue weighted by Crippen LogP contribution is -2.49. The predicted molar refractivity (Wildman–Crippen MR) is 143 cm³/mol. The van der Waals surface area contributed by atoms with Crippen molar-refractivity contribution in [1.29, 1.82) is 0 Å². The molecule has 0 spiro atoms. The molecule has 0 bridgehead atoms. The molecule has 8 heteroatoms. The van der Waals surface area contributed by atoms with Crippen LogP contribution in [-0.2, 0) is 16.1 Å². The van der Waals surface area contributed by atoms with Crippen molar-refractivity contribution < 1.29 is 9.53 Å². The van der Waals surface area contributed by atoms with Crippen LogP contribution in [0.25, 0.3) is 0 Å². The van der Waals surface area contributed by atoms with E-state index in [-0.39, 0.29) is 36.4 Å². The Morgan fingerprint density at radius 2 is 1.88 bits per heavy atom. The van der Waals surface area contributed by atoms with E-state index in [0.29, 0.717) is 31.1 Å². The molecule has 2 N–H and O–H groups in total. The molecule has 0 aliphatic carbocycles. The van der Waals surface area contributed by atoms with Crippen molar-refractivity contribution in [2.45, 2.75) is 45.7 Å². The number of hydrogen-bond acceptors (Lipinski definition) is 4. The number of rotatable bonds is 11. The maximum Gasteiger partial charge on any atom is 0.243 e. The highest BCUT2D eigenvalue weighted by atomic mass is 127. The van der Waals surface area contributed by atoms with Crippen LogP contribution in [0.3, 0.4) is 0 Å². The summed E-state index contributed by atoms with van der Waals surface area (Å²) in [5, 5.41) is 6.86. The van der Waals surface area contributed by atoms with Crippen LogP contribution in [0.5, 0.6) is 0 Å². The summed E-state index contributed by atoms with van der Waals surface area (Å²) in [6.45, 7) is 9.72. The molecule has 1 aliphatic rings. The van der Waals surface area contributed by atoms with E-state index in [2.05, 4.69) is 64.7 Å². The molecule has 0 aromatic heterocycles. The first-order chi connectivity index (χ1) is 14.9. The monoisotopic (exact) mass is 559 g/mol. The van der Waals surface area contributed by atoms with Crippen LogP contribution in [-0.4, -0.2) is 81.2 Å². The average Bonchev–Trinajstić information content (AvgIpc) is 2.75. The smallest absolute Gasteiger partial charge is 0.243 e. The molecule has 2 rings (SSSR count). The number of aliphatic imine (C=N–C) groups is 1. The first-order valence-corrected chi connectivity index (χ1v) is 11.5. The highest BCUT2D eigenvalue weighted by Gasteiger charge is 2.20. The maximum absolute atomic E-state index is 12.0. The van der Waals surface area contributed by atoms with Crippen molar-refractivity contribution in [3.8, 4) is 0 Å². The van der Waals surface area contributed by atoms with Gasteiger partial charge in [0.05, 0.1) is 6.61 Å². The zero-order chi connectivity index (χ0) is 22.5. The number of carbonyl (C=O) groups is 1. The molecular weight excluding hydrogens is 517 g/mol. The van der Waals surface area contributed by atoms with Gasteiger partial charge in [0.2, 0.25) is 5.91 Å². The Hall–Kier alpha value is -1.39. The lowest BCUT2D eigenvalue weighted by molar-refractivity contribution is -0.127. The van der Waals surface area contributed by atoms with Crippen molar-refractivity contribution in [3.05, 3.63) is 35.9 Å². The van der Waals surface area contributed by atoms with Gasteiger partial charge >= 0.3 is 0 Å². The zero-order valence-electron chi connectivity index (χ0n) is 20.2. The van der Waals surface area contributed by atoms with E-state index in [1.807, 2.05) is 0 Å². The number of ether oxygens (including phenoxy) is 1. The molecule has 1 aromatic rings. The van der Waals surface area contributed by atoms with Crippen molar-refractivity contribution in [2.75, 3.05) is 53.5 Å². The highest BCUT2D eigenvalue weighted by molar-refractivity contribution is 14.0. The van der Waals surface area contributed by atoms with E-state index >= 15 is 0 Å². The molecule has 0 saturated carbocycles. The molecule has 0 atom stereocenters. The molecule has 1 heterocycles. The summed E-state index contributed by atoms with van der Waals surface area (Å²) in [7, 11) is 3.51. The number of likely N-dealkylation sites (N-methyl/N-ethyl adjacent to an activating group) is 1. The van der Waals surface area contributed by atoms with Gasteiger partial charge in [-0.2, -0.15) is 0 Å². The molecule has 1 saturated heterocycles. The Bertz CT molecular complexity index is 662. The number of guanidine groups is 1. The predicted octanol–water partition coefficient (Wildman–Crippen LogP) is 2.96. The first kappa shape index (κ1) is 28.6. The Kier molecular flexibility index (Phi) is 14.6. The van der Waals surface area contributed by atoms with E-state index in [1.165, 1.54) is 5.56 Å². The molecule has 0 unspecified atom stereocenters. The van der Waals surface area contributed by atoms with Gasteiger partial charge in [-0.3, -0.25) is 9.69 Å². The van der Waals surface area contributed by atoms with Gasteiger partial charge in [0, 0.05) is 52.9 Å². The quantitative estimate of drug-likeness (QED) is 0.189. The molecule has 32 heavy (non-hydrogen) atoms. The lowest BCUT2D eigenvalue weighted by atomic mass is 10.0. The van der Waals surface area contributed by atoms with Crippen LogP contribution in [0.4, 0.5) is 0 Å². The Labute approximate surface area is 211 Å². The number of likely N-dealkylation sites (tertiary alicyclic amines) is 1. The second kappa shape index (κ2) is 16.3. The topological polar surface area (TPSA) is 69.2 Å². The van der Waals surface area contributed by atoms with E-state index in [9.17, 15) is 4.79 Å². The third kappa shape index (κ3) is 12.0. The average molecular weight is 560 g/mol. The molecule has 0 radical (unpaired) electrons. The normalized spacial score (nSPS) is 15.3. The molecule has 7 nitrogen and oxygen atoms in total. The Morgan fingerprint density at radius 1 is 1.19 bits per heavy atom. The third-order valence-corrected chi connectivity index (χ3v) is 5.43. The van der Waals surface area contributed by atoms with E-state index < -0.39 is 0 Å². The fraction of sp³-hybridized carbons (Fsp3) is 0.667. The SMILES string of the molecule is CC(C)CCOCCNC(=NCC(=O)N(C)C)NC1CCN(Cc2ccccc2)CC1.I. The van der Waals surface area contributed by atoms with Crippen LogP contribution in [0.15, 0.2) is 35.3 Å².